The van der Waals surface area contributed by atoms with Gasteiger partial charge in [0.1, 0.15) is 12.2 Å². The molecule has 5 rings (SSSR count). The Hall–Kier alpha value is -4.05. The van der Waals surface area contributed by atoms with E-state index in [2.05, 4.69) is 14.9 Å². The molecule has 0 unspecified atom stereocenters. The van der Waals surface area contributed by atoms with Crippen LogP contribution in [-0.4, -0.2) is 63.2 Å². The van der Waals surface area contributed by atoms with Crippen molar-refractivity contribution < 1.29 is 55.2 Å². The number of carboxylic acid groups (broad SMARTS) is 1. The summed E-state index contributed by atoms with van der Waals surface area (Å²) in [6.45, 7) is 0.394. The molecule has 1 fully saturated rings. The minimum Gasteiger partial charge on any atom is -0.493 e. The Morgan fingerprint density at radius 1 is 1.04 bits per heavy atom. The molecule has 0 saturated carbocycles. The van der Waals surface area contributed by atoms with Crippen molar-refractivity contribution >= 4 is 23.5 Å². The maximum absolute atomic E-state index is 14.2. The predicted molar refractivity (Wildman–Crippen MR) is 143 cm³/mol. The van der Waals surface area contributed by atoms with Gasteiger partial charge in [0.25, 0.3) is 0 Å². The first-order valence-electron chi connectivity index (χ1n) is 13.6. The zero-order chi connectivity index (χ0) is 32.7. The quantitative estimate of drug-likeness (QED) is 0.302. The smallest absolute Gasteiger partial charge is 0.493 e. The summed E-state index contributed by atoms with van der Waals surface area (Å²) in [5, 5.41) is 16.2. The zero-order valence-electron chi connectivity index (χ0n) is 23.4. The number of halogens is 7. The van der Waals surface area contributed by atoms with Crippen LogP contribution < -0.4 is 9.47 Å². The van der Waals surface area contributed by atoms with Gasteiger partial charge >= 0.3 is 18.5 Å². The van der Waals surface area contributed by atoms with Crippen molar-refractivity contribution in [1.29, 1.82) is 0 Å². The third-order valence-electron chi connectivity index (χ3n) is 7.56. The molecular formula is C28H25ClF6N4O6. The Balaban J connectivity index is 1.62. The molecule has 1 aromatic heterocycles. The number of methoxy groups -OCH3 is 1. The van der Waals surface area contributed by atoms with E-state index in [-0.39, 0.29) is 53.0 Å². The topological polar surface area (TPSA) is 116 Å². The standard InChI is InChI=1S/C28H25ClF6N4O6/c1-43-19-4-2-3-16(24(19)45-28(33,34)35)23-17-12-15(29)5-6-18(17)39-25(36-37-26(39)27(30,31)32)20(44-23)13-21(40)38-9-7-14(8-10-38)11-22(41)42/h2-6,12,14,20,23H,7-11,13H2,1H3,(H,41,42)/t20-,23-/m1/s1. The van der Waals surface area contributed by atoms with Gasteiger partial charge in [-0.2, -0.15) is 13.2 Å². The monoisotopic (exact) mass is 662 g/mol. The van der Waals surface area contributed by atoms with Crippen LogP contribution in [0.3, 0.4) is 0 Å². The summed E-state index contributed by atoms with van der Waals surface area (Å²) in [5.41, 5.74) is -0.546. The second-order valence-corrected chi connectivity index (χ2v) is 10.9. The molecule has 10 nitrogen and oxygen atoms in total. The van der Waals surface area contributed by atoms with Gasteiger partial charge in [-0.25, -0.2) is 0 Å². The van der Waals surface area contributed by atoms with Crippen LogP contribution in [0.5, 0.6) is 11.5 Å². The van der Waals surface area contributed by atoms with E-state index in [1.165, 1.54) is 41.3 Å². The van der Waals surface area contributed by atoms with Crippen LogP contribution in [0.25, 0.3) is 5.69 Å². The Bertz CT molecular complexity index is 1590. The SMILES string of the molecule is COc1cccc([C@H]2O[C@H](CC(=O)N3CCC(CC(=O)O)CC3)c3nnc(C(F)(F)F)n3-c3ccc(Cl)cc32)c1OC(F)(F)F. The Kier molecular flexibility index (Phi) is 8.90. The van der Waals surface area contributed by atoms with Crippen LogP contribution in [-0.2, 0) is 20.5 Å². The number of ether oxygens (including phenoxy) is 3. The Morgan fingerprint density at radius 2 is 1.76 bits per heavy atom. The first kappa shape index (κ1) is 32.3. The molecule has 0 radical (unpaired) electrons. The number of nitrogens with zero attached hydrogens (tertiary/aromatic N) is 4. The highest BCUT2D eigenvalue weighted by Crippen LogP contribution is 2.48. The molecule has 2 aliphatic heterocycles. The molecule has 45 heavy (non-hydrogen) atoms. The highest BCUT2D eigenvalue weighted by Gasteiger charge is 2.45. The van der Waals surface area contributed by atoms with Gasteiger partial charge in [0, 0.05) is 35.7 Å². The second kappa shape index (κ2) is 12.4. The van der Waals surface area contributed by atoms with Gasteiger partial charge in [-0.3, -0.25) is 14.2 Å². The van der Waals surface area contributed by atoms with Crippen molar-refractivity contribution in [1.82, 2.24) is 19.7 Å². The molecule has 3 heterocycles. The number of carbonyl (C=O) groups excluding carboxylic acids is 1. The predicted octanol–water partition coefficient (Wildman–Crippen LogP) is 6.11. The van der Waals surface area contributed by atoms with Crippen molar-refractivity contribution in [2.45, 2.75) is 50.4 Å². The number of fused-ring (bicyclic) bond motifs is 3. The number of aromatic nitrogens is 3. The van der Waals surface area contributed by atoms with Crippen LogP contribution >= 0.6 is 11.6 Å². The van der Waals surface area contributed by atoms with Crippen LogP contribution in [0.4, 0.5) is 26.3 Å². The van der Waals surface area contributed by atoms with Gasteiger partial charge in [-0.05, 0) is 43.0 Å². The molecule has 0 aliphatic carbocycles. The van der Waals surface area contributed by atoms with Crippen molar-refractivity contribution in [3.8, 4) is 17.2 Å². The van der Waals surface area contributed by atoms with Crippen molar-refractivity contribution in [3.05, 3.63) is 64.2 Å². The maximum Gasteiger partial charge on any atom is 0.573 e. The molecule has 242 valence electrons. The fourth-order valence-electron chi connectivity index (χ4n) is 5.59. The number of alkyl halides is 6. The number of benzene rings is 2. The molecule has 1 N–H and O–H groups in total. The van der Waals surface area contributed by atoms with Gasteiger partial charge in [-0.15, -0.1) is 23.4 Å². The van der Waals surface area contributed by atoms with E-state index in [0.717, 1.165) is 7.11 Å². The average molecular weight is 663 g/mol. The van der Waals surface area contributed by atoms with Gasteiger partial charge < -0.3 is 24.2 Å². The van der Waals surface area contributed by atoms with E-state index in [9.17, 15) is 35.9 Å². The molecule has 2 atom stereocenters. The highest BCUT2D eigenvalue weighted by molar-refractivity contribution is 6.30. The van der Waals surface area contributed by atoms with Crippen LogP contribution in [0.1, 0.15) is 60.7 Å². The minimum atomic E-state index is -5.19. The van der Waals surface area contributed by atoms with E-state index >= 15 is 0 Å². The number of hydrogen-bond acceptors (Lipinski definition) is 7. The third kappa shape index (κ3) is 6.96. The molecule has 1 amide bonds. The van der Waals surface area contributed by atoms with E-state index in [0.29, 0.717) is 17.4 Å². The molecule has 0 bridgehead atoms. The zero-order valence-corrected chi connectivity index (χ0v) is 24.1. The maximum atomic E-state index is 14.2. The lowest BCUT2D eigenvalue weighted by Gasteiger charge is -2.32. The number of hydrogen-bond donors (Lipinski definition) is 1. The number of likely N-dealkylation sites (tertiary alicyclic amines) is 1. The van der Waals surface area contributed by atoms with Crippen LogP contribution in [0, 0.1) is 5.92 Å². The van der Waals surface area contributed by atoms with Gasteiger partial charge in [0.15, 0.2) is 17.3 Å². The van der Waals surface area contributed by atoms with E-state index in [1.54, 1.807) is 0 Å². The largest absolute Gasteiger partial charge is 0.573 e. The number of rotatable bonds is 7. The van der Waals surface area contributed by atoms with Crippen molar-refractivity contribution in [2.75, 3.05) is 20.2 Å². The summed E-state index contributed by atoms with van der Waals surface area (Å²) < 4.78 is 99.7. The molecule has 2 aromatic carbocycles. The minimum absolute atomic E-state index is 0.0328. The number of amides is 1. The molecule has 1 saturated heterocycles. The van der Waals surface area contributed by atoms with Crippen LogP contribution in [0.15, 0.2) is 36.4 Å². The summed E-state index contributed by atoms with van der Waals surface area (Å²) in [5.74, 6) is -4.67. The lowest BCUT2D eigenvalue weighted by Crippen LogP contribution is -2.39. The molecule has 17 heteroatoms. The Labute approximate surface area is 256 Å². The summed E-state index contributed by atoms with van der Waals surface area (Å²) in [7, 11) is 1.11. The lowest BCUT2D eigenvalue weighted by atomic mass is 9.93. The summed E-state index contributed by atoms with van der Waals surface area (Å²) >= 11 is 6.23. The number of carbonyl (C=O) groups is 2. The average Bonchev–Trinajstić information content (AvgIpc) is 3.36. The number of piperidine rings is 1. The van der Waals surface area contributed by atoms with E-state index in [4.69, 9.17) is 26.2 Å². The molecule has 3 aromatic rings. The molecule has 2 aliphatic rings. The van der Waals surface area contributed by atoms with Crippen LogP contribution in [0.2, 0.25) is 5.02 Å². The normalized spacial score (nSPS) is 19.0. The summed E-state index contributed by atoms with van der Waals surface area (Å²) in [4.78, 5) is 26.0. The fourth-order valence-corrected chi connectivity index (χ4v) is 5.77. The van der Waals surface area contributed by atoms with Crippen molar-refractivity contribution in [2.24, 2.45) is 5.92 Å². The third-order valence-corrected chi connectivity index (χ3v) is 7.80. The van der Waals surface area contributed by atoms with Gasteiger partial charge in [-0.1, -0.05) is 23.7 Å². The second-order valence-electron chi connectivity index (χ2n) is 10.5. The molecular weight excluding hydrogens is 638 g/mol. The number of carboxylic acids is 1. The van der Waals surface area contributed by atoms with E-state index in [1.807, 2.05) is 0 Å². The summed E-state index contributed by atoms with van der Waals surface area (Å²) in [6.07, 6.45) is -13.2. The fraction of sp³-hybridized carbons (Fsp3) is 0.429. The molecule has 0 spiro atoms. The van der Waals surface area contributed by atoms with E-state index < -0.39 is 60.4 Å². The lowest BCUT2D eigenvalue weighted by molar-refractivity contribution is -0.275. The van der Waals surface area contributed by atoms with Gasteiger partial charge in [0.05, 0.1) is 19.2 Å². The van der Waals surface area contributed by atoms with Gasteiger partial charge in [0.2, 0.25) is 11.7 Å². The first-order valence-corrected chi connectivity index (χ1v) is 13.9. The number of para-hydroxylation sites is 1. The number of aliphatic carboxylic acids is 1. The van der Waals surface area contributed by atoms with Crippen molar-refractivity contribution in [3.63, 3.8) is 0 Å². The first-order chi connectivity index (χ1) is 21.2. The summed E-state index contributed by atoms with van der Waals surface area (Å²) in [6, 6.07) is 7.51. The Morgan fingerprint density at radius 3 is 2.38 bits per heavy atom. The highest BCUT2D eigenvalue weighted by atomic mass is 35.5.